The third kappa shape index (κ3) is 5.59. The number of nitrogens with zero attached hydrogens (tertiary/aromatic N) is 2. The molecule has 0 aliphatic rings. The van der Waals surface area contributed by atoms with E-state index in [1.807, 2.05) is 0 Å². The molecule has 0 saturated carbocycles. The maximum Gasteiger partial charge on any atom is 0.435 e. The third-order valence-electron chi connectivity index (χ3n) is 5.39. The zero-order chi connectivity index (χ0) is 26.7. The number of alkyl halides is 3. The molecule has 11 heteroatoms. The lowest BCUT2D eigenvalue weighted by molar-refractivity contribution is -0.141. The first kappa shape index (κ1) is 25.8. The Labute approximate surface area is 214 Å². The number of carbonyl (C=O) groups excluding carboxylic acids is 2. The highest BCUT2D eigenvalue weighted by atomic mass is 35.5. The number of aryl methyl sites for hydroxylation is 1. The Morgan fingerprint density at radius 2 is 1.57 bits per heavy atom. The second-order valence-electron chi connectivity index (χ2n) is 7.92. The number of hydrogen-bond acceptors (Lipinski definition) is 4. The van der Waals surface area contributed by atoms with Crippen LogP contribution in [0.4, 0.5) is 24.5 Å². The van der Waals surface area contributed by atoms with E-state index in [0.29, 0.717) is 22.9 Å². The van der Waals surface area contributed by atoms with Gasteiger partial charge >= 0.3 is 6.18 Å². The van der Waals surface area contributed by atoms with E-state index in [-0.39, 0.29) is 33.7 Å². The maximum atomic E-state index is 13.4. The van der Waals surface area contributed by atoms with Crippen molar-refractivity contribution >= 4 is 34.8 Å². The van der Waals surface area contributed by atoms with Crippen LogP contribution >= 0.6 is 11.6 Å². The lowest BCUT2D eigenvalue weighted by atomic mass is 10.1. The van der Waals surface area contributed by atoms with E-state index in [4.69, 9.17) is 16.3 Å². The van der Waals surface area contributed by atoms with Crippen molar-refractivity contribution in [1.82, 2.24) is 9.78 Å². The number of rotatable bonds is 6. The summed E-state index contributed by atoms with van der Waals surface area (Å²) < 4.78 is 46.5. The van der Waals surface area contributed by atoms with Gasteiger partial charge in [0.15, 0.2) is 5.69 Å². The monoisotopic (exact) mass is 528 g/mol. The Morgan fingerprint density at radius 1 is 0.919 bits per heavy atom. The summed E-state index contributed by atoms with van der Waals surface area (Å²) in [6.45, 7) is 1.70. The van der Waals surface area contributed by atoms with Gasteiger partial charge in [-0.15, -0.1) is 0 Å². The number of amides is 2. The van der Waals surface area contributed by atoms with Crippen molar-refractivity contribution < 1.29 is 27.5 Å². The van der Waals surface area contributed by atoms with Gasteiger partial charge in [-0.2, -0.15) is 18.3 Å². The molecule has 190 valence electrons. The second kappa shape index (κ2) is 10.4. The highest BCUT2D eigenvalue weighted by Crippen LogP contribution is 2.34. The van der Waals surface area contributed by atoms with E-state index >= 15 is 0 Å². The molecule has 0 unspecified atom stereocenters. The van der Waals surface area contributed by atoms with E-state index < -0.39 is 17.8 Å². The first-order chi connectivity index (χ1) is 17.6. The van der Waals surface area contributed by atoms with Crippen molar-refractivity contribution in [3.05, 3.63) is 100 Å². The van der Waals surface area contributed by atoms with Crippen LogP contribution in [0.25, 0.3) is 5.69 Å². The van der Waals surface area contributed by atoms with Crippen molar-refractivity contribution in [3.8, 4) is 11.4 Å². The van der Waals surface area contributed by atoms with Crippen LogP contribution in [-0.2, 0) is 6.18 Å². The van der Waals surface area contributed by atoms with E-state index in [0.717, 1.165) is 4.68 Å². The summed E-state index contributed by atoms with van der Waals surface area (Å²) in [6, 6.07) is 18.4. The van der Waals surface area contributed by atoms with Crippen molar-refractivity contribution in [2.45, 2.75) is 13.1 Å². The number of aromatic nitrogens is 2. The molecular formula is C26H20ClF3N4O3. The minimum absolute atomic E-state index is 0.104. The number of methoxy groups -OCH3 is 1. The van der Waals surface area contributed by atoms with Crippen molar-refractivity contribution in [2.75, 3.05) is 17.7 Å². The van der Waals surface area contributed by atoms with Crippen LogP contribution in [0.5, 0.6) is 5.75 Å². The summed E-state index contributed by atoms with van der Waals surface area (Å²) >= 11 is 6.16. The van der Waals surface area contributed by atoms with E-state index in [2.05, 4.69) is 15.7 Å². The minimum Gasteiger partial charge on any atom is -0.494 e. The molecule has 0 spiro atoms. The molecule has 0 saturated heterocycles. The van der Waals surface area contributed by atoms with Crippen LogP contribution in [0, 0.1) is 6.92 Å². The topological polar surface area (TPSA) is 85.2 Å². The standard InChI is InChI=1S/C26H20ClF3N4O3/c1-15-12-19(22(37-2)13-18(15)31-24(35)16-8-4-3-5-9-16)32-25(36)21-14-23(26(28,29)30)33-34(21)20-11-7-6-10-17(20)27/h3-14H,1-2H3,(H,31,35)(H,32,36). The van der Waals surface area contributed by atoms with Crippen LogP contribution in [0.1, 0.15) is 32.1 Å². The van der Waals surface area contributed by atoms with Gasteiger partial charge in [-0.25, -0.2) is 4.68 Å². The number of para-hydroxylation sites is 1. The van der Waals surface area contributed by atoms with Crippen LogP contribution in [0.15, 0.2) is 72.8 Å². The summed E-state index contributed by atoms with van der Waals surface area (Å²) in [5.41, 5.74) is 0.114. The SMILES string of the molecule is COc1cc(NC(=O)c2ccccc2)c(C)cc1NC(=O)c1cc(C(F)(F)F)nn1-c1ccccc1Cl. The van der Waals surface area contributed by atoms with E-state index in [1.54, 1.807) is 49.4 Å². The normalized spacial score (nSPS) is 11.2. The Kier molecular flexibility index (Phi) is 7.21. The Hall–Kier alpha value is -4.31. The Balaban J connectivity index is 1.67. The summed E-state index contributed by atoms with van der Waals surface area (Å²) in [5.74, 6) is -1.03. The molecule has 0 aliphatic heterocycles. The van der Waals surface area contributed by atoms with Crippen molar-refractivity contribution in [2.24, 2.45) is 0 Å². The largest absolute Gasteiger partial charge is 0.494 e. The lowest BCUT2D eigenvalue weighted by Gasteiger charge is -2.16. The summed E-state index contributed by atoms with van der Waals surface area (Å²) in [5, 5.41) is 9.05. The molecular weight excluding hydrogens is 509 g/mol. The predicted octanol–water partition coefficient (Wildman–Crippen LogP) is 6.37. The minimum atomic E-state index is -4.78. The molecule has 2 amide bonds. The number of benzene rings is 3. The summed E-state index contributed by atoms with van der Waals surface area (Å²) in [4.78, 5) is 25.7. The molecule has 4 aromatic rings. The lowest BCUT2D eigenvalue weighted by Crippen LogP contribution is -2.18. The molecule has 2 N–H and O–H groups in total. The quantitative estimate of drug-likeness (QED) is 0.305. The van der Waals surface area contributed by atoms with Crippen LogP contribution < -0.4 is 15.4 Å². The van der Waals surface area contributed by atoms with Gasteiger partial charge in [0.2, 0.25) is 0 Å². The zero-order valence-electron chi connectivity index (χ0n) is 19.6. The maximum absolute atomic E-state index is 13.4. The first-order valence-electron chi connectivity index (χ1n) is 10.9. The predicted molar refractivity (Wildman–Crippen MR) is 134 cm³/mol. The van der Waals surface area contributed by atoms with Gasteiger partial charge in [0, 0.05) is 23.4 Å². The van der Waals surface area contributed by atoms with Gasteiger partial charge in [-0.3, -0.25) is 9.59 Å². The number of carbonyl (C=O) groups is 2. The van der Waals surface area contributed by atoms with Gasteiger partial charge in [-0.05, 0) is 42.8 Å². The van der Waals surface area contributed by atoms with Gasteiger partial charge < -0.3 is 15.4 Å². The van der Waals surface area contributed by atoms with Crippen molar-refractivity contribution in [1.29, 1.82) is 0 Å². The molecule has 7 nitrogen and oxygen atoms in total. The number of ether oxygens (including phenoxy) is 1. The second-order valence-corrected chi connectivity index (χ2v) is 8.32. The molecule has 0 radical (unpaired) electrons. The van der Waals surface area contributed by atoms with Gasteiger partial charge in [0.05, 0.1) is 23.5 Å². The molecule has 0 bridgehead atoms. The number of hydrogen-bond donors (Lipinski definition) is 2. The van der Waals surface area contributed by atoms with Crippen LogP contribution in [0.3, 0.4) is 0 Å². The molecule has 37 heavy (non-hydrogen) atoms. The van der Waals surface area contributed by atoms with E-state index in [9.17, 15) is 22.8 Å². The first-order valence-corrected chi connectivity index (χ1v) is 11.2. The molecule has 1 heterocycles. The smallest absolute Gasteiger partial charge is 0.435 e. The fraction of sp³-hybridized carbons (Fsp3) is 0.115. The van der Waals surface area contributed by atoms with Gasteiger partial charge in [-0.1, -0.05) is 41.9 Å². The van der Waals surface area contributed by atoms with Crippen LogP contribution in [-0.4, -0.2) is 28.7 Å². The molecule has 0 atom stereocenters. The fourth-order valence-corrected chi connectivity index (χ4v) is 3.76. The van der Waals surface area contributed by atoms with Gasteiger partial charge in [0.1, 0.15) is 11.4 Å². The Morgan fingerprint density at radius 3 is 2.22 bits per heavy atom. The number of nitrogens with one attached hydrogen (secondary N) is 2. The van der Waals surface area contributed by atoms with Crippen LogP contribution in [0.2, 0.25) is 5.02 Å². The highest BCUT2D eigenvalue weighted by molar-refractivity contribution is 6.32. The summed E-state index contributed by atoms with van der Waals surface area (Å²) in [6.07, 6.45) is -4.78. The average Bonchev–Trinajstić information content (AvgIpc) is 3.32. The van der Waals surface area contributed by atoms with Crippen molar-refractivity contribution in [3.63, 3.8) is 0 Å². The third-order valence-corrected chi connectivity index (χ3v) is 5.71. The molecule has 3 aromatic carbocycles. The molecule has 0 aliphatic carbocycles. The van der Waals surface area contributed by atoms with E-state index in [1.165, 1.54) is 31.4 Å². The fourth-order valence-electron chi connectivity index (χ4n) is 3.55. The highest BCUT2D eigenvalue weighted by Gasteiger charge is 2.36. The molecule has 4 rings (SSSR count). The van der Waals surface area contributed by atoms with Gasteiger partial charge in [0.25, 0.3) is 11.8 Å². The molecule has 1 aromatic heterocycles. The average molecular weight is 529 g/mol. The summed E-state index contributed by atoms with van der Waals surface area (Å²) in [7, 11) is 1.36. The number of halogens is 4. The number of anilines is 2. The Bertz CT molecular complexity index is 1470. The molecule has 0 fully saturated rings. The zero-order valence-corrected chi connectivity index (χ0v) is 20.3.